The van der Waals surface area contributed by atoms with Crippen LogP contribution in [0.5, 0.6) is 0 Å². The van der Waals surface area contributed by atoms with Crippen molar-refractivity contribution in [1.29, 1.82) is 5.26 Å². The molecule has 1 amide bonds. The maximum atomic E-state index is 13.0. The number of nitrogens with zero attached hydrogens (tertiary/aromatic N) is 3. The van der Waals surface area contributed by atoms with Gasteiger partial charge >= 0.3 is 0 Å². The maximum Gasteiger partial charge on any atom is 0.291 e. The molecule has 3 N–H and O–H groups in total. The van der Waals surface area contributed by atoms with Crippen LogP contribution in [0.2, 0.25) is 0 Å². The molecule has 1 aromatic heterocycles. The van der Waals surface area contributed by atoms with Gasteiger partial charge in [-0.3, -0.25) is 4.79 Å². The summed E-state index contributed by atoms with van der Waals surface area (Å²) in [5, 5.41) is 16.1. The first-order valence-corrected chi connectivity index (χ1v) is 14.0. The Hall–Kier alpha value is -2.99. The van der Waals surface area contributed by atoms with Crippen molar-refractivity contribution >= 4 is 17.2 Å². The van der Waals surface area contributed by atoms with Gasteiger partial charge in [-0.25, -0.2) is 4.98 Å². The van der Waals surface area contributed by atoms with Gasteiger partial charge in [-0.15, -0.1) is 0 Å². The Labute approximate surface area is 225 Å². The lowest BCUT2D eigenvalue weighted by Gasteiger charge is -2.40. The molecule has 38 heavy (non-hydrogen) atoms. The first kappa shape index (κ1) is 26.6. The van der Waals surface area contributed by atoms with Gasteiger partial charge in [0.2, 0.25) is 0 Å². The highest BCUT2D eigenvalue weighted by atomic mass is 16.5. The van der Waals surface area contributed by atoms with Crippen molar-refractivity contribution in [2.45, 2.75) is 64.3 Å². The van der Waals surface area contributed by atoms with E-state index in [0.29, 0.717) is 0 Å². The molecular formula is C30H40N6O2. The molecule has 0 spiro atoms. The van der Waals surface area contributed by atoms with E-state index in [4.69, 9.17) is 10.00 Å². The van der Waals surface area contributed by atoms with Gasteiger partial charge in [0.15, 0.2) is 5.82 Å². The summed E-state index contributed by atoms with van der Waals surface area (Å²) in [6.45, 7) is 10.5. The lowest BCUT2D eigenvalue weighted by molar-refractivity contribution is 0.0358. The molecule has 5 rings (SSSR count). The van der Waals surface area contributed by atoms with E-state index in [1.54, 1.807) is 0 Å². The monoisotopic (exact) mass is 516 g/mol. The van der Waals surface area contributed by atoms with Gasteiger partial charge in [0.05, 0.1) is 6.20 Å². The molecular weight excluding hydrogens is 476 g/mol. The van der Waals surface area contributed by atoms with Crippen molar-refractivity contribution in [3.8, 4) is 6.07 Å². The van der Waals surface area contributed by atoms with Gasteiger partial charge in [0.25, 0.3) is 5.91 Å². The number of ether oxygens (including phenoxy) is 1. The van der Waals surface area contributed by atoms with Gasteiger partial charge in [0, 0.05) is 43.1 Å². The molecule has 1 aromatic carbocycles. The molecule has 1 aliphatic carbocycles. The van der Waals surface area contributed by atoms with Crippen LogP contribution in [0.15, 0.2) is 30.5 Å². The van der Waals surface area contributed by atoms with Crippen LogP contribution < -0.4 is 10.6 Å². The molecule has 2 aliphatic heterocycles. The number of nitrogens with one attached hydrogen (secondary N) is 3. The molecule has 0 atom stereocenters. The Morgan fingerprint density at radius 1 is 1.21 bits per heavy atom. The predicted molar refractivity (Wildman–Crippen MR) is 149 cm³/mol. The van der Waals surface area contributed by atoms with Crippen molar-refractivity contribution in [1.82, 2.24) is 20.2 Å². The highest BCUT2D eigenvalue weighted by Gasteiger charge is 2.35. The van der Waals surface area contributed by atoms with Crippen molar-refractivity contribution in [2.24, 2.45) is 5.41 Å². The second-order valence-corrected chi connectivity index (χ2v) is 11.7. The molecule has 0 radical (unpaired) electrons. The van der Waals surface area contributed by atoms with E-state index in [1.165, 1.54) is 43.3 Å². The summed E-state index contributed by atoms with van der Waals surface area (Å²) in [4.78, 5) is 22.4. The third-order valence-electron chi connectivity index (χ3n) is 8.49. The van der Waals surface area contributed by atoms with Gasteiger partial charge in [-0.2, -0.15) is 5.26 Å². The molecule has 8 nitrogen and oxygen atoms in total. The SMILES string of the molecule is CC1(C)CC=C(c2cc(C3(NCCN4CCCC4)CCOCC3)ccc2NC(=O)c2ncc(C#N)[nH]2)CC1. The summed E-state index contributed by atoms with van der Waals surface area (Å²) < 4.78 is 5.78. The minimum Gasteiger partial charge on any atom is -0.381 e. The quantitative estimate of drug-likeness (QED) is 0.465. The molecule has 3 aliphatic rings. The fourth-order valence-electron chi connectivity index (χ4n) is 5.96. The first-order valence-electron chi connectivity index (χ1n) is 14.0. The lowest BCUT2D eigenvalue weighted by Crippen LogP contribution is -2.49. The molecule has 0 unspecified atom stereocenters. The smallest absolute Gasteiger partial charge is 0.291 e. The number of benzene rings is 1. The number of hydrogen-bond donors (Lipinski definition) is 3. The van der Waals surface area contributed by atoms with Crippen LogP contribution in [0.1, 0.15) is 86.2 Å². The topological polar surface area (TPSA) is 106 Å². The second-order valence-electron chi connectivity index (χ2n) is 11.7. The van der Waals surface area contributed by atoms with Crippen molar-refractivity contribution < 1.29 is 9.53 Å². The van der Waals surface area contributed by atoms with E-state index in [2.05, 4.69) is 57.6 Å². The number of allylic oxidation sites excluding steroid dienone is 2. The summed E-state index contributed by atoms with van der Waals surface area (Å²) in [6, 6.07) is 8.47. The predicted octanol–water partition coefficient (Wildman–Crippen LogP) is 4.82. The van der Waals surface area contributed by atoms with Crippen LogP contribution in [-0.4, -0.2) is 60.2 Å². The molecule has 8 heteroatoms. The summed E-state index contributed by atoms with van der Waals surface area (Å²) in [6.07, 6.45) is 11.3. The normalized spacial score (nSPS) is 21.0. The summed E-state index contributed by atoms with van der Waals surface area (Å²) in [7, 11) is 0. The van der Waals surface area contributed by atoms with E-state index < -0.39 is 0 Å². The fourth-order valence-corrected chi connectivity index (χ4v) is 5.96. The highest BCUT2D eigenvalue weighted by Crippen LogP contribution is 2.42. The van der Waals surface area contributed by atoms with Crippen LogP contribution in [0.3, 0.4) is 0 Å². The number of imidazole rings is 1. The van der Waals surface area contributed by atoms with Crippen LogP contribution in [0.25, 0.3) is 5.57 Å². The van der Waals surface area contributed by atoms with Crippen LogP contribution in [0.4, 0.5) is 5.69 Å². The highest BCUT2D eigenvalue weighted by molar-refractivity contribution is 6.03. The van der Waals surface area contributed by atoms with Crippen molar-refractivity contribution in [2.75, 3.05) is 44.7 Å². The Kier molecular flexibility index (Phi) is 7.98. The number of rotatable bonds is 8. The molecule has 3 heterocycles. The number of likely N-dealkylation sites (tertiary alicyclic amines) is 1. The van der Waals surface area contributed by atoms with Gasteiger partial charge in [-0.05, 0) is 86.7 Å². The average Bonchev–Trinajstić information content (AvgIpc) is 3.62. The molecule has 0 saturated carbocycles. The zero-order chi connectivity index (χ0) is 26.6. The lowest BCUT2D eigenvalue weighted by atomic mass is 9.75. The van der Waals surface area contributed by atoms with E-state index in [-0.39, 0.29) is 28.4 Å². The standard InChI is InChI=1S/C30H40N6O2/c1-29(2)9-7-22(8-10-29)25-19-23(5-6-26(25)35-28(37)27-32-21-24(20-31)34-27)30(11-17-38-18-12-30)33-13-16-36-14-3-4-15-36/h5-7,19,21,33H,3-4,8-18H2,1-2H3,(H,32,34)(H,35,37). The number of anilines is 1. The first-order chi connectivity index (χ1) is 18.4. The van der Waals surface area contributed by atoms with Crippen LogP contribution >= 0.6 is 0 Å². The summed E-state index contributed by atoms with van der Waals surface area (Å²) >= 11 is 0. The van der Waals surface area contributed by atoms with E-state index in [9.17, 15) is 4.79 Å². The molecule has 0 bridgehead atoms. The van der Waals surface area contributed by atoms with Gasteiger partial charge in [0.1, 0.15) is 11.8 Å². The molecule has 2 aromatic rings. The number of carbonyl (C=O) groups excluding carboxylic acids is 1. The molecule has 2 fully saturated rings. The van der Waals surface area contributed by atoms with Crippen molar-refractivity contribution in [3.63, 3.8) is 0 Å². The number of amides is 1. The maximum absolute atomic E-state index is 13.0. The van der Waals surface area contributed by atoms with E-state index in [0.717, 1.165) is 69.7 Å². The van der Waals surface area contributed by atoms with Gasteiger partial charge < -0.3 is 25.3 Å². The molecule has 202 valence electrons. The number of nitriles is 1. The van der Waals surface area contributed by atoms with Crippen molar-refractivity contribution in [3.05, 3.63) is 53.1 Å². The fraction of sp³-hybridized carbons (Fsp3) is 0.567. The Balaban J connectivity index is 1.45. The largest absolute Gasteiger partial charge is 0.381 e. The number of aromatic nitrogens is 2. The number of H-pyrrole nitrogens is 1. The Morgan fingerprint density at radius 3 is 2.68 bits per heavy atom. The molecule has 2 saturated heterocycles. The second kappa shape index (κ2) is 11.4. The van der Waals surface area contributed by atoms with Gasteiger partial charge in [-0.1, -0.05) is 26.0 Å². The van der Waals surface area contributed by atoms with Crippen LogP contribution in [-0.2, 0) is 10.3 Å². The number of aromatic amines is 1. The average molecular weight is 517 g/mol. The number of carbonyl (C=O) groups is 1. The van der Waals surface area contributed by atoms with E-state index in [1.807, 2.05) is 12.1 Å². The zero-order valence-corrected chi connectivity index (χ0v) is 22.7. The Bertz CT molecular complexity index is 1210. The minimum absolute atomic E-state index is 0.139. The Morgan fingerprint density at radius 2 is 2.00 bits per heavy atom. The minimum atomic E-state index is -0.346. The van der Waals surface area contributed by atoms with Crippen LogP contribution in [0, 0.1) is 16.7 Å². The van der Waals surface area contributed by atoms with E-state index >= 15 is 0 Å². The number of hydrogen-bond acceptors (Lipinski definition) is 6. The third-order valence-corrected chi connectivity index (χ3v) is 8.49. The zero-order valence-electron chi connectivity index (χ0n) is 22.7. The summed E-state index contributed by atoms with van der Waals surface area (Å²) in [5.74, 6) is -0.207. The third kappa shape index (κ3) is 6.01. The summed E-state index contributed by atoms with van der Waals surface area (Å²) in [5.41, 5.74) is 4.79.